The van der Waals surface area contributed by atoms with Crippen molar-refractivity contribution in [1.29, 1.82) is 0 Å². The molecule has 0 bridgehead atoms. The molecule has 1 N–H and O–H groups in total. The summed E-state index contributed by atoms with van der Waals surface area (Å²) >= 11 is 0. The summed E-state index contributed by atoms with van der Waals surface area (Å²) in [5.74, 6) is 0. The summed E-state index contributed by atoms with van der Waals surface area (Å²) < 4.78 is 0. The third kappa shape index (κ3) is 11.2. The van der Waals surface area contributed by atoms with Crippen LogP contribution in [0.25, 0.3) is 0 Å². The third-order valence-electron chi connectivity index (χ3n) is 1.70. The van der Waals surface area contributed by atoms with E-state index in [2.05, 4.69) is 6.92 Å². The average molecular weight is 228 g/mol. The van der Waals surface area contributed by atoms with Crippen LogP contribution in [0.3, 0.4) is 0 Å². The maximum atomic E-state index is 10.0. The molecule has 0 saturated carbocycles. The number of rotatable bonds is 4. The number of unbranched alkanes of at least 4 members (excludes halogenated alkanes) is 2. The highest BCUT2D eigenvalue weighted by molar-refractivity contribution is 6.92. The van der Waals surface area contributed by atoms with E-state index in [0.29, 0.717) is 6.61 Å². The zero-order valence-corrected chi connectivity index (χ0v) is 10.8. The van der Waals surface area contributed by atoms with E-state index in [9.17, 15) is 4.79 Å². The van der Waals surface area contributed by atoms with Gasteiger partial charge in [0, 0.05) is 12.2 Å². The molecule has 1 rings (SSSR count). The van der Waals surface area contributed by atoms with Gasteiger partial charge in [0.2, 0.25) is 0 Å². The van der Waals surface area contributed by atoms with Gasteiger partial charge in [-0.3, -0.25) is 4.79 Å². The van der Waals surface area contributed by atoms with Gasteiger partial charge in [0.25, 0.3) is 0 Å². The molecule has 0 radical (unpaired) electrons. The molecule has 0 saturated heterocycles. The molecular formula is C12H21O2P. The SMILES string of the molecule is CCCCCO.O=Cc1ccccc1.P. The van der Waals surface area contributed by atoms with Gasteiger partial charge in [-0.1, -0.05) is 50.1 Å². The first-order valence-corrected chi connectivity index (χ1v) is 4.96. The van der Waals surface area contributed by atoms with Crippen LogP contribution in [0.5, 0.6) is 0 Å². The van der Waals surface area contributed by atoms with E-state index >= 15 is 0 Å². The summed E-state index contributed by atoms with van der Waals surface area (Å²) in [6.07, 6.45) is 4.16. The highest BCUT2D eigenvalue weighted by Crippen LogP contribution is 1.91. The molecule has 2 nitrogen and oxygen atoms in total. The van der Waals surface area contributed by atoms with Crippen molar-refractivity contribution in [1.82, 2.24) is 0 Å². The lowest BCUT2D eigenvalue weighted by Crippen LogP contribution is -1.78. The van der Waals surface area contributed by atoms with Crippen LogP contribution < -0.4 is 0 Å². The molecule has 0 aliphatic rings. The quantitative estimate of drug-likeness (QED) is 0.489. The number of hydrogen-bond acceptors (Lipinski definition) is 2. The van der Waals surface area contributed by atoms with Gasteiger partial charge in [0.1, 0.15) is 6.29 Å². The molecule has 0 aliphatic heterocycles. The van der Waals surface area contributed by atoms with Crippen LogP contribution >= 0.6 is 9.90 Å². The first-order chi connectivity index (χ1) is 6.85. The Morgan fingerprint density at radius 3 is 2.07 bits per heavy atom. The fourth-order valence-corrected chi connectivity index (χ4v) is 0.893. The number of aliphatic hydroxyl groups excluding tert-OH is 1. The van der Waals surface area contributed by atoms with E-state index in [1.807, 2.05) is 18.2 Å². The molecule has 0 aromatic heterocycles. The number of aldehydes is 1. The highest BCUT2D eigenvalue weighted by atomic mass is 31.0. The van der Waals surface area contributed by atoms with Crippen LogP contribution in [0, 0.1) is 0 Å². The van der Waals surface area contributed by atoms with E-state index in [1.165, 1.54) is 6.42 Å². The molecule has 1 aromatic carbocycles. The number of benzene rings is 1. The van der Waals surface area contributed by atoms with Gasteiger partial charge >= 0.3 is 0 Å². The second kappa shape index (κ2) is 13.3. The lowest BCUT2D eigenvalue weighted by atomic mass is 10.2. The molecule has 15 heavy (non-hydrogen) atoms. The van der Waals surface area contributed by atoms with Crippen LogP contribution in [0.15, 0.2) is 30.3 Å². The number of aliphatic hydroxyl groups is 1. The molecule has 3 heteroatoms. The first-order valence-electron chi connectivity index (χ1n) is 4.96. The summed E-state index contributed by atoms with van der Waals surface area (Å²) in [6, 6.07) is 9.10. The summed E-state index contributed by atoms with van der Waals surface area (Å²) in [5.41, 5.74) is 0.729. The van der Waals surface area contributed by atoms with Crippen molar-refractivity contribution in [2.45, 2.75) is 26.2 Å². The van der Waals surface area contributed by atoms with E-state index in [-0.39, 0.29) is 9.90 Å². The van der Waals surface area contributed by atoms with Crippen molar-refractivity contribution in [3.63, 3.8) is 0 Å². The van der Waals surface area contributed by atoms with E-state index in [4.69, 9.17) is 5.11 Å². The first kappa shape index (κ1) is 16.7. The van der Waals surface area contributed by atoms with Crippen molar-refractivity contribution in [2.24, 2.45) is 0 Å². The van der Waals surface area contributed by atoms with E-state index in [1.54, 1.807) is 12.1 Å². The Bertz CT molecular complexity index is 220. The summed E-state index contributed by atoms with van der Waals surface area (Å²) in [7, 11) is 0. The minimum absolute atomic E-state index is 0. The lowest BCUT2D eigenvalue weighted by Gasteiger charge is -1.85. The van der Waals surface area contributed by atoms with Crippen LogP contribution in [-0.4, -0.2) is 18.0 Å². The molecule has 0 aliphatic carbocycles. The standard InChI is InChI=1S/C7H6O.C5H12O.H3P/c8-6-7-4-2-1-3-5-7;1-2-3-4-5-6;/h1-6H;6H,2-5H2,1H3;1H3. The van der Waals surface area contributed by atoms with E-state index < -0.39 is 0 Å². The summed E-state index contributed by atoms with van der Waals surface area (Å²) in [5, 5.41) is 8.20. The highest BCUT2D eigenvalue weighted by Gasteiger charge is 1.80. The van der Waals surface area contributed by atoms with Gasteiger partial charge < -0.3 is 5.11 Å². The molecule has 0 spiro atoms. The predicted molar refractivity (Wildman–Crippen MR) is 69.5 cm³/mol. The van der Waals surface area contributed by atoms with Crippen LogP contribution in [0.1, 0.15) is 36.5 Å². The lowest BCUT2D eigenvalue weighted by molar-refractivity contribution is 0.112. The molecule has 86 valence electrons. The Morgan fingerprint density at radius 2 is 1.80 bits per heavy atom. The van der Waals surface area contributed by atoms with Gasteiger partial charge in [-0.15, -0.1) is 0 Å². The minimum atomic E-state index is 0. The van der Waals surface area contributed by atoms with Gasteiger partial charge in [0.05, 0.1) is 0 Å². The molecule has 1 atom stereocenters. The number of carbonyl (C=O) groups excluding carboxylic acids is 1. The van der Waals surface area contributed by atoms with Gasteiger partial charge in [-0.25, -0.2) is 0 Å². The molecule has 0 heterocycles. The largest absolute Gasteiger partial charge is 0.396 e. The van der Waals surface area contributed by atoms with Crippen LogP contribution in [0.4, 0.5) is 0 Å². The van der Waals surface area contributed by atoms with E-state index in [0.717, 1.165) is 24.7 Å². The number of hydrogen-bond donors (Lipinski definition) is 1. The monoisotopic (exact) mass is 228 g/mol. The van der Waals surface area contributed by atoms with Crippen molar-refractivity contribution in [3.05, 3.63) is 35.9 Å². The third-order valence-corrected chi connectivity index (χ3v) is 1.70. The Balaban J connectivity index is 0. The summed E-state index contributed by atoms with van der Waals surface area (Å²) in [4.78, 5) is 10.0. The number of carbonyl (C=O) groups is 1. The average Bonchev–Trinajstić information content (AvgIpc) is 2.28. The smallest absolute Gasteiger partial charge is 0.150 e. The Hall–Kier alpha value is -0.720. The van der Waals surface area contributed by atoms with Crippen molar-refractivity contribution >= 4 is 16.2 Å². The van der Waals surface area contributed by atoms with Crippen LogP contribution in [0.2, 0.25) is 0 Å². The fourth-order valence-electron chi connectivity index (χ4n) is 0.893. The van der Waals surface area contributed by atoms with Gasteiger partial charge in [-0.05, 0) is 6.42 Å². The zero-order valence-electron chi connectivity index (χ0n) is 9.36. The Labute approximate surface area is 95.3 Å². The summed E-state index contributed by atoms with van der Waals surface area (Å²) in [6.45, 7) is 2.48. The second-order valence-corrected chi connectivity index (χ2v) is 2.96. The Morgan fingerprint density at radius 1 is 1.20 bits per heavy atom. The fraction of sp³-hybridized carbons (Fsp3) is 0.417. The van der Waals surface area contributed by atoms with Crippen molar-refractivity contribution in [2.75, 3.05) is 6.61 Å². The Kier molecular flexibility index (Phi) is 14.8. The van der Waals surface area contributed by atoms with Crippen LogP contribution in [-0.2, 0) is 0 Å². The van der Waals surface area contributed by atoms with Crippen molar-refractivity contribution in [3.8, 4) is 0 Å². The second-order valence-electron chi connectivity index (χ2n) is 2.96. The van der Waals surface area contributed by atoms with Crippen molar-refractivity contribution < 1.29 is 9.90 Å². The molecule has 1 aromatic rings. The molecule has 0 amide bonds. The topological polar surface area (TPSA) is 37.3 Å². The predicted octanol–water partition coefficient (Wildman–Crippen LogP) is 2.73. The van der Waals surface area contributed by atoms with Gasteiger partial charge in [0.15, 0.2) is 0 Å². The normalized spacial score (nSPS) is 8.13. The maximum absolute atomic E-state index is 10.0. The minimum Gasteiger partial charge on any atom is -0.396 e. The maximum Gasteiger partial charge on any atom is 0.150 e. The molecule has 0 fully saturated rings. The molecular weight excluding hydrogens is 207 g/mol. The zero-order chi connectivity index (χ0) is 10.6. The molecule has 1 unspecified atom stereocenters. The van der Waals surface area contributed by atoms with Gasteiger partial charge in [-0.2, -0.15) is 9.90 Å².